The fraction of sp³-hybridized carbons (Fsp3) is 0.0455. The Morgan fingerprint density at radius 3 is 2.31 bits per heavy atom. The van der Waals surface area contributed by atoms with E-state index in [4.69, 9.17) is 0 Å². The molecule has 8 nitrogen and oxygen atoms in total. The van der Waals surface area contributed by atoms with Crippen molar-refractivity contribution in [1.29, 1.82) is 0 Å². The maximum absolute atomic E-state index is 13.1. The van der Waals surface area contributed by atoms with E-state index < -0.39 is 4.92 Å². The van der Waals surface area contributed by atoms with Crippen LogP contribution in [-0.2, 0) is 5.75 Å². The predicted octanol–water partition coefficient (Wildman–Crippen LogP) is 6.54. The second kappa shape index (κ2) is 9.75. The van der Waals surface area contributed by atoms with Crippen molar-refractivity contribution in [2.24, 2.45) is 10.2 Å². The molecule has 4 rings (SSSR count). The smallest absolute Gasteiger partial charge is 0.292 e. The van der Waals surface area contributed by atoms with E-state index in [9.17, 15) is 14.9 Å². The molecule has 10 heteroatoms. The summed E-state index contributed by atoms with van der Waals surface area (Å²) in [5, 5.41) is 22.3. The quantitative estimate of drug-likeness (QED) is 0.132. The molecule has 0 saturated carbocycles. The molecule has 0 atom stereocenters. The molecule has 0 saturated heterocycles. The third-order valence-electron chi connectivity index (χ3n) is 4.48. The van der Waals surface area contributed by atoms with Gasteiger partial charge in [0.25, 0.3) is 11.2 Å². The Morgan fingerprint density at radius 2 is 1.66 bits per heavy atom. The third kappa shape index (κ3) is 5.04. The Balaban J connectivity index is 1.66. The Labute approximate surface area is 195 Å². The van der Waals surface area contributed by atoms with Crippen molar-refractivity contribution in [3.8, 4) is 5.69 Å². The Hall–Kier alpha value is -3.50. The van der Waals surface area contributed by atoms with Gasteiger partial charge >= 0.3 is 0 Å². The van der Waals surface area contributed by atoms with Gasteiger partial charge in [0.15, 0.2) is 5.69 Å². The van der Waals surface area contributed by atoms with Gasteiger partial charge in [-0.05, 0) is 48.5 Å². The number of aromatic amines is 1. The van der Waals surface area contributed by atoms with Crippen molar-refractivity contribution in [2.75, 3.05) is 0 Å². The molecule has 0 spiro atoms. The molecule has 32 heavy (non-hydrogen) atoms. The van der Waals surface area contributed by atoms with Gasteiger partial charge in [-0.15, -0.1) is 16.9 Å². The number of nitrogens with one attached hydrogen (secondary N) is 1. The van der Waals surface area contributed by atoms with Gasteiger partial charge < -0.3 is 0 Å². The summed E-state index contributed by atoms with van der Waals surface area (Å²) < 4.78 is 2.42. The molecular formula is C22H16BrN5O3S. The van der Waals surface area contributed by atoms with E-state index in [0.29, 0.717) is 22.8 Å². The first-order chi connectivity index (χ1) is 15.5. The number of hydrogen-bond donors (Lipinski definition) is 1. The maximum atomic E-state index is 13.1. The van der Waals surface area contributed by atoms with Crippen molar-refractivity contribution >= 4 is 44.8 Å². The minimum absolute atomic E-state index is 0.0383. The van der Waals surface area contributed by atoms with E-state index in [1.54, 1.807) is 11.8 Å². The number of azo groups is 1. The number of nitro benzene ring substituents is 1. The number of rotatable bonds is 7. The van der Waals surface area contributed by atoms with E-state index >= 15 is 0 Å². The molecule has 0 unspecified atom stereocenters. The monoisotopic (exact) mass is 509 g/mol. The first-order valence-corrected chi connectivity index (χ1v) is 11.2. The van der Waals surface area contributed by atoms with Crippen molar-refractivity contribution < 1.29 is 4.92 Å². The third-order valence-corrected chi connectivity index (χ3v) is 6.04. The fourth-order valence-corrected chi connectivity index (χ4v) is 3.98. The molecule has 3 aromatic carbocycles. The van der Waals surface area contributed by atoms with Gasteiger partial charge in [0, 0.05) is 27.3 Å². The van der Waals surface area contributed by atoms with Crippen LogP contribution in [0.2, 0.25) is 0 Å². The number of para-hydroxylation sites is 1. The van der Waals surface area contributed by atoms with Crippen LogP contribution in [0.25, 0.3) is 5.69 Å². The van der Waals surface area contributed by atoms with Gasteiger partial charge in [-0.2, -0.15) is 5.11 Å². The zero-order chi connectivity index (χ0) is 22.5. The highest BCUT2D eigenvalue weighted by molar-refractivity contribution is 9.10. The molecule has 160 valence electrons. The van der Waals surface area contributed by atoms with Crippen molar-refractivity contribution in [1.82, 2.24) is 9.78 Å². The lowest BCUT2D eigenvalue weighted by molar-refractivity contribution is -0.384. The van der Waals surface area contributed by atoms with Crippen molar-refractivity contribution in [3.63, 3.8) is 0 Å². The topological polar surface area (TPSA) is 106 Å². The van der Waals surface area contributed by atoms with Gasteiger partial charge in [-0.3, -0.25) is 20.0 Å². The summed E-state index contributed by atoms with van der Waals surface area (Å²) in [6.45, 7) is 0. The lowest BCUT2D eigenvalue weighted by Gasteiger charge is -2.02. The standard InChI is InChI=1S/C22H16BrN5O3S/c23-15-6-12-19(13-7-15)32-14-20-21(22(29)27(26-20)17-4-2-1-3-5-17)25-24-16-8-10-18(11-9-16)28(30)31/h1-13,26H,14H2. The second-order valence-electron chi connectivity index (χ2n) is 6.63. The number of aromatic nitrogens is 2. The fourth-order valence-electron chi connectivity index (χ4n) is 2.87. The van der Waals surface area contributed by atoms with Gasteiger partial charge in [0.1, 0.15) is 0 Å². The van der Waals surface area contributed by atoms with E-state index in [0.717, 1.165) is 9.37 Å². The van der Waals surface area contributed by atoms with Crippen LogP contribution in [0.3, 0.4) is 0 Å². The molecule has 0 fully saturated rings. The minimum Gasteiger partial charge on any atom is -0.292 e. The van der Waals surface area contributed by atoms with Crippen molar-refractivity contribution in [3.05, 3.63) is 109 Å². The predicted molar refractivity (Wildman–Crippen MR) is 127 cm³/mol. The SMILES string of the molecule is O=c1c(N=Nc2ccc([N+](=O)[O-])cc2)c(CSc2ccc(Br)cc2)[nH]n1-c1ccccc1. The first-order valence-electron chi connectivity index (χ1n) is 9.45. The normalized spacial score (nSPS) is 11.2. The van der Waals surface area contributed by atoms with Crippen LogP contribution in [0.5, 0.6) is 0 Å². The molecule has 1 N–H and O–H groups in total. The number of hydrogen-bond acceptors (Lipinski definition) is 6. The van der Waals surface area contributed by atoms with E-state index in [1.807, 2.05) is 54.6 Å². The van der Waals surface area contributed by atoms with E-state index in [2.05, 4.69) is 31.3 Å². The van der Waals surface area contributed by atoms with Gasteiger partial charge in [0.2, 0.25) is 0 Å². The number of nitrogens with zero attached hydrogens (tertiary/aromatic N) is 4. The molecule has 4 aromatic rings. The molecule has 0 aliphatic rings. The highest BCUT2D eigenvalue weighted by Gasteiger charge is 2.16. The molecule has 1 heterocycles. The summed E-state index contributed by atoms with van der Waals surface area (Å²) in [6, 6.07) is 22.7. The van der Waals surface area contributed by atoms with Crippen LogP contribution in [0.4, 0.5) is 17.1 Å². The number of benzene rings is 3. The summed E-state index contributed by atoms with van der Waals surface area (Å²) in [7, 11) is 0. The van der Waals surface area contributed by atoms with Gasteiger partial charge in [-0.25, -0.2) is 4.68 Å². The molecule has 0 bridgehead atoms. The zero-order valence-electron chi connectivity index (χ0n) is 16.5. The molecule has 0 radical (unpaired) electrons. The molecule has 1 aromatic heterocycles. The summed E-state index contributed by atoms with van der Waals surface area (Å²) in [5.41, 5.74) is 1.55. The Morgan fingerprint density at radius 1 is 0.969 bits per heavy atom. The number of thioether (sulfide) groups is 1. The van der Waals surface area contributed by atoms with Crippen LogP contribution in [-0.4, -0.2) is 14.7 Å². The average Bonchev–Trinajstić information content (AvgIpc) is 3.13. The highest BCUT2D eigenvalue weighted by Crippen LogP contribution is 2.28. The number of non-ortho nitro benzene ring substituents is 1. The largest absolute Gasteiger partial charge is 0.299 e. The number of halogens is 1. The van der Waals surface area contributed by atoms with Crippen LogP contribution in [0, 0.1) is 10.1 Å². The van der Waals surface area contributed by atoms with Gasteiger partial charge in [-0.1, -0.05) is 34.1 Å². The highest BCUT2D eigenvalue weighted by atomic mass is 79.9. The molecule has 0 aliphatic heterocycles. The maximum Gasteiger partial charge on any atom is 0.299 e. The molecule has 0 amide bonds. The average molecular weight is 510 g/mol. The summed E-state index contributed by atoms with van der Waals surface area (Å²) in [4.78, 5) is 24.5. The Bertz CT molecular complexity index is 1320. The summed E-state index contributed by atoms with van der Waals surface area (Å²) in [5.74, 6) is 0.478. The first kappa shape index (κ1) is 21.7. The lowest BCUT2D eigenvalue weighted by Crippen LogP contribution is -2.13. The summed E-state index contributed by atoms with van der Waals surface area (Å²) in [6.07, 6.45) is 0. The van der Waals surface area contributed by atoms with Crippen molar-refractivity contribution in [2.45, 2.75) is 10.6 Å². The van der Waals surface area contributed by atoms with E-state index in [-0.39, 0.29) is 16.9 Å². The van der Waals surface area contributed by atoms with Crippen LogP contribution < -0.4 is 5.56 Å². The summed E-state index contributed by atoms with van der Waals surface area (Å²) >= 11 is 4.98. The molecular weight excluding hydrogens is 494 g/mol. The van der Waals surface area contributed by atoms with Crippen LogP contribution in [0.1, 0.15) is 5.69 Å². The Kier molecular flexibility index (Phi) is 6.62. The number of nitro groups is 1. The van der Waals surface area contributed by atoms with Crippen LogP contribution in [0.15, 0.2) is 103 Å². The second-order valence-corrected chi connectivity index (χ2v) is 8.60. The van der Waals surface area contributed by atoms with E-state index in [1.165, 1.54) is 28.9 Å². The number of H-pyrrole nitrogens is 1. The van der Waals surface area contributed by atoms with Gasteiger partial charge in [0.05, 0.1) is 22.0 Å². The molecule has 0 aliphatic carbocycles. The minimum atomic E-state index is -0.483. The lowest BCUT2D eigenvalue weighted by atomic mass is 10.3. The van der Waals surface area contributed by atoms with Crippen LogP contribution >= 0.6 is 27.7 Å². The zero-order valence-corrected chi connectivity index (χ0v) is 18.9.